The summed E-state index contributed by atoms with van der Waals surface area (Å²) in [4.78, 5) is 4.02. The number of ether oxygens (including phenoxy) is 1. The van der Waals surface area contributed by atoms with Gasteiger partial charge in [0.1, 0.15) is 11.9 Å². The van der Waals surface area contributed by atoms with Crippen LogP contribution in [0.25, 0.3) is 0 Å². The normalized spacial score (nSPS) is 13.9. The van der Waals surface area contributed by atoms with Crippen molar-refractivity contribution in [2.75, 3.05) is 0 Å². The zero-order valence-corrected chi connectivity index (χ0v) is 12.6. The van der Waals surface area contributed by atoms with Crippen molar-refractivity contribution in [1.29, 1.82) is 0 Å². The number of benzene rings is 1. The molecule has 2 atom stereocenters. The molecule has 0 spiro atoms. The Bertz CT molecular complexity index is 543. The number of hydrogen-bond acceptors (Lipinski definition) is 3. The molecule has 2 unspecified atom stereocenters. The number of hydrogen-bond donors (Lipinski definition) is 1. The van der Waals surface area contributed by atoms with E-state index in [1.807, 2.05) is 44.2 Å². The Hall–Kier alpha value is -1.39. The fraction of sp³-hybridized carbons (Fsp3) is 0.267. The summed E-state index contributed by atoms with van der Waals surface area (Å²) in [6, 6.07) is 9.73. The predicted octanol–water partition coefficient (Wildman–Crippen LogP) is 3.62. The first-order valence-corrected chi connectivity index (χ1v) is 6.95. The van der Waals surface area contributed by atoms with Crippen molar-refractivity contribution in [2.45, 2.75) is 26.0 Å². The van der Waals surface area contributed by atoms with Crippen molar-refractivity contribution < 1.29 is 4.74 Å². The average molecular weight is 321 g/mol. The van der Waals surface area contributed by atoms with Crippen LogP contribution in [-0.2, 0) is 0 Å². The topological polar surface area (TPSA) is 48.1 Å². The first-order chi connectivity index (χ1) is 9.08. The Kier molecular flexibility index (Phi) is 4.56. The second-order valence-electron chi connectivity index (χ2n) is 4.59. The third-order valence-electron chi connectivity index (χ3n) is 2.92. The van der Waals surface area contributed by atoms with E-state index in [2.05, 4.69) is 20.9 Å². The van der Waals surface area contributed by atoms with Gasteiger partial charge < -0.3 is 10.5 Å². The summed E-state index contributed by atoms with van der Waals surface area (Å²) in [5, 5.41) is 0. The summed E-state index contributed by atoms with van der Waals surface area (Å²) in [6.07, 6.45) is 3.32. The lowest BCUT2D eigenvalue weighted by Crippen LogP contribution is -2.29. The second kappa shape index (κ2) is 6.17. The first kappa shape index (κ1) is 14.0. The lowest BCUT2D eigenvalue weighted by atomic mass is 10.1. The van der Waals surface area contributed by atoms with E-state index in [-0.39, 0.29) is 12.1 Å². The maximum absolute atomic E-state index is 6.09. The van der Waals surface area contributed by atoms with Gasteiger partial charge in [-0.2, -0.15) is 0 Å². The fourth-order valence-electron chi connectivity index (χ4n) is 1.87. The molecule has 0 bridgehead atoms. The third kappa shape index (κ3) is 3.55. The highest BCUT2D eigenvalue weighted by atomic mass is 79.9. The van der Waals surface area contributed by atoms with Crippen LogP contribution >= 0.6 is 15.9 Å². The van der Waals surface area contributed by atoms with E-state index in [1.54, 1.807) is 12.4 Å². The molecule has 0 fully saturated rings. The molecular formula is C15H17BrN2O. The van der Waals surface area contributed by atoms with E-state index < -0.39 is 0 Å². The molecule has 0 saturated carbocycles. The van der Waals surface area contributed by atoms with Crippen LogP contribution < -0.4 is 10.5 Å². The van der Waals surface area contributed by atoms with Crippen LogP contribution in [0.5, 0.6) is 5.75 Å². The number of aryl methyl sites for hydroxylation is 1. The van der Waals surface area contributed by atoms with Gasteiger partial charge in [0.05, 0.1) is 0 Å². The van der Waals surface area contributed by atoms with Gasteiger partial charge in [0.15, 0.2) is 0 Å². The molecule has 0 radical (unpaired) electrons. The van der Waals surface area contributed by atoms with Crippen LogP contribution in [0, 0.1) is 6.92 Å². The summed E-state index contributed by atoms with van der Waals surface area (Å²) in [5.74, 6) is 0.841. The minimum Gasteiger partial charge on any atom is -0.484 e. The highest BCUT2D eigenvalue weighted by molar-refractivity contribution is 9.10. The van der Waals surface area contributed by atoms with E-state index >= 15 is 0 Å². The zero-order chi connectivity index (χ0) is 13.8. The minimum atomic E-state index is -0.184. The lowest BCUT2D eigenvalue weighted by molar-refractivity contribution is 0.179. The van der Waals surface area contributed by atoms with Crippen LogP contribution in [0.4, 0.5) is 0 Å². The van der Waals surface area contributed by atoms with E-state index in [0.29, 0.717) is 0 Å². The van der Waals surface area contributed by atoms with E-state index in [9.17, 15) is 0 Å². The van der Waals surface area contributed by atoms with Crippen LogP contribution in [-0.4, -0.2) is 11.0 Å². The van der Waals surface area contributed by atoms with Gasteiger partial charge in [-0.15, -0.1) is 0 Å². The molecule has 0 aliphatic rings. The Morgan fingerprint density at radius 2 is 1.89 bits per heavy atom. The maximum atomic E-state index is 6.09. The molecule has 2 N–H and O–H groups in total. The van der Waals surface area contributed by atoms with Crippen LogP contribution in [0.3, 0.4) is 0 Å². The van der Waals surface area contributed by atoms with E-state index in [1.165, 1.54) is 0 Å². The number of halogens is 1. The van der Waals surface area contributed by atoms with Gasteiger partial charge >= 0.3 is 0 Å². The highest BCUT2D eigenvalue weighted by Crippen LogP contribution is 2.29. The number of aromatic nitrogens is 1. The monoisotopic (exact) mass is 320 g/mol. The van der Waals surface area contributed by atoms with Gasteiger partial charge in [-0.1, -0.05) is 22.0 Å². The third-order valence-corrected chi connectivity index (χ3v) is 3.41. The Balaban J connectivity index is 2.29. The molecule has 1 heterocycles. The first-order valence-electron chi connectivity index (χ1n) is 6.16. The quantitative estimate of drug-likeness (QED) is 0.936. The summed E-state index contributed by atoms with van der Waals surface area (Å²) in [7, 11) is 0. The largest absolute Gasteiger partial charge is 0.484 e. The second-order valence-corrected chi connectivity index (χ2v) is 5.50. The van der Waals surface area contributed by atoms with Gasteiger partial charge in [-0.25, -0.2) is 0 Å². The fourth-order valence-corrected chi connectivity index (χ4v) is 2.21. The number of rotatable bonds is 4. The molecule has 2 aromatic rings. The molecule has 0 aliphatic heterocycles. The molecule has 19 heavy (non-hydrogen) atoms. The van der Waals surface area contributed by atoms with Gasteiger partial charge in [0.2, 0.25) is 0 Å². The van der Waals surface area contributed by atoms with Gasteiger partial charge in [0, 0.05) is 22.9 Å². The lowest BCUT2D eigenvalue weighted by Gasteiger charge is -2.24. The summed E-state index contributed by atoms with van der Waals surface area (Å²) < 4.78 is 7.08. The summed E-state index contributed by atoms with van der Waals surface area (Å²) >= 11 is 3.46. The molecule has 0 aliphatic carbocycles. The molecular weight excluding hydrogens is 304 g/mol. The predicted molar refractivity (Wildman–Crippen MR) is 80.1 cm³/mol. The summed E-state index contributed by atoms with van der Waals surface area (Å²) in [6.45, 7) is 3.96. The van der Waals surface area contributed by atoms with E-state index in [0.717, 1.165) is 21.3 Å². The molecule has 2 rings (SSSR count). The SMILES string of the molecule is Cc1ccc(Br)cc1OC(c1ccncc1)C(C)N. The molecule has 1 aromatic heterocycles. The smallest absolute Gasteiger partial charge is 0.139 e. The van der Waals surface area contributed by atoms with Crippen molar-refractivity contribution in [3.63, 3.8) is 0 Å². The van der Waals surface area contributed by atoms with Gasteiger partial charge in [-0.3, -0.25) is 4.98 Å². The molecule has 4 heteroatoms. The Labute approximate surface area is 121 Å². The van der Waals surface area contributed by atoms with E-state index in [4.69, 9.17) is 10.5 Å². The number of pyridine rings is 1. The maximum Gasteiger partial charge on any atom is 0.139 e. The van der Waals surface area contributed by atoms with Gasteiger partial charge in [-0.05, 0) is 49.2 Å². The van der Waals surface area contributed by atoms with Crippen LogP contribution in [0.1, 0.15) is 24.2 Å². The molecule has 1 aromatic carbocycles. The van der Waals surface area contributed by atoms with Crippen molar-refractivity contribution in [3.8, 4) is 5.75 Å². The molecule has 3 nitrogen and oxygen atoms in total. The highest BCUT2D eigenvalue weighted by Gasteiger charge is 2.19. The average Bonchev–Trinajstić information content (AvgIpc) is 2.40. The van der Waals surface area contributed by atoms with Crippen molar-refractivity contribution >= 4 is 15.9 Å². The Morgan fingerprint density at radius 3 is 2.53 bits per heavy atom. The van der Waals surface area contributed by atoms with Crippen molar-refractivity contribution in [1.82, 2.24) is 4.98 Å². The van der Waals surface area contributed by atoms with Crippen molar-refractivity contribution in [3.05, 3.63) is 58.3 Å². The zero-order valence-electron chi connectivity index (χ0n) is 11.0. The standard InChI is InChI=1S/C15H17BrN2O/c1-10-3-4-13(16)9-14(10)19-15(11(2)17)12-5-7-18-8-6-12/h3-9,11,15H,17H2,1-2H3. The Morgan fingerprint density at radius 1 is 1.21 bits per heavy atom. The van der Waals surface area contributed by atoms with Gasteiger partial charge in [0.25, 0.3) is 0 Å². The number of nitrogens with zero attached hydrogens (tertiary/aromatic N) is 1. The van der Waals surface area contributed by atoms with Crippen LogP contribution in [0.15, 0.2) is 47.2 Å². The molecule has 0 saturated heterocycles. The van der Waals surface area contributed by atoms with Crippen molar-refractivity contribution in [2.24, 2.45) is 5.73 Å². The minimum absolute atomic E-state index is 0.110. The molecule has 100 valence electrons. The summed E-state index contributed by atoms with van der Waals surface area (Å²) in [5.41, 5.74) is 8.17. The van der Waals surface area contributed by atoms with Crippen LogP contribution in [0.2, 0.25) is 0 Å². The number of nitrogens with two attached hydrogens (primary N) is 1. The molecule has 0 amide bonds.